The van der Waals surface area contributed by atoms with Gasteiger partial charge in [-0.15, -0.1) is 11.3 Å². The Hall–Kier alpha value is -1.93. The van der Waals surface area contributed by atoms with Gasteiger partial charge in [-0.1, -0.05) is 43.5 Å². The molecule has 0 atom stereocenters. The van der Waals surface area contributed by atoms with Crippen molar-refractivity contribution in [2.45, 2.75) is 38.0 Å². The van der Waals surface area contributed by atoms with E-state index in [4.69, 9.17) is 14.5 Å². The third-order valence-corrected chi connectivity index (χ3v) is 7.10. The van der Waals surface area contributed by atoms with Crippen LogP contribution in [0.2, 0.25) is 0 Å². The Morgan fingerprint density at radius 1 is 1.07 bits per heavy atom. The van der Waals surface area contributed by atoms with Crippen molar-refractivity contribution in [2.75, 3.05) is 14.2 Å². The highest BCUT2D eigenvalue weighted by Gasteiger charge is 2.15. The molecule has 0 N–H and O–H groups in total. The number of hydrogen-bond donors (Lipinski definition) is 0. The molecule has 6 heteroatoms. The minimum atomic E-state index is 0.698. The van der Waals surface area contributed by atoms with Crippen LogP contribution in [0.4, 0.5) is 5.13 Å². The highest BCUT2D eigenvalue weighted by atomic mass is 127. The van der Waals surface area contributed by atoms with E-state index in [-0.39, 0.29) is 0 Å². The van der Waals surface area contributed by atoms with E-state index in [0.717, 1.165) is 37.2 Å². The van der Waals surface area contributed by atoms with Gasteiger partial charge in [0.1, 0.15) is 0 Å². The molecule has 0 saturated heterocycles. The van der Waals surface area contributed by atoms with Crippen LogP contribution in [-0.4, -0.2) is 25.4 Å². The lowest BCUT2D eigenvalue weighted by atomic mass is 9.84. The van der Waals surface area contributed by atoms with Crippen molar-refractivity contribution in [1.29, 1.82) is 0 Å². The summed E-state index contributed by atoms with van der Waals surface area (Å²) in [5, 5.41) is 2.81. The molecule has 0 amide bonds. The minimum Gasteiger partial charge on any atom is -0.493 e. The van der Waals surface area contributed by atoms with E-state index in [1.807, 2.05) is 18.3 Å². The topological polar surface area (TPSA) is 43.7 Å². The van der Waals surface area contributed by atoms with E-state index < -0.39 is 0 Å². The van der Waals surface area contributed by atoms with Gasteiger partial charge in [-0.2, -0.15) is 0 Å². The van der Waals surface area contributed by atoms with Crippen LogP contribution in [0.3, 0.4) is 0 Å². The van der Waals surface area contributed by atoms with Crippen molar-refractivity contribution >= 4 is 45.3 Å². The summed E-state index contributed by atoms with van der Waals surface area (Å²) in [6.07, 6.45) is 8.57. The largest absolute Gasteiger partial charge is 0.493 e. The van der Waals surface area contributed by atoms with E-state index in [0.29, 0.717) is 5.75 Å². The lowest BCUT2D eigenvalue weighted by Crippen LogP contribution is -2.04. The van der Waals surface area contributed by atoms with Crippen molar-refractivity contribution in [3.05, 3.63) is 56.5 Å². The molecular formula is C24H25IN2O2S. The molecule has 30 heavy (non-hydrogen) atoms. The van der Waals surface area contributed by atoms with Crippen LogP contribution in [0.5, 0.6) is 11.5 Å². The number of hydrogen-bond acceptors (Lipinski definition) is 5. The normalized spacial score (nSPS) is 14.9. The fourth-order valence-electron chi connectivity index (χ4n) is 3.96. The molecule has 0 aliphatic heterocycles. The molecule has 4 rings (SSSR count). The van der Waals surface area contributed by atoms with Gasteiger partial charge in [-0.05, 0) is 64.6 Å². The Kier molecular flexibility index (Phi) is 7.04. The first-order valence-electron chi connectivity index (χ1n) is 10.2. The number of benzene rings is 2. The standard InChI is InChI=1S/C24H25IN2O2S/c1-28-22-13-16(12-20(25)23(22)29-2)14-26-24-27-21(15-30-24)19-10-8-18(9-11-19)17-6-4-3-5-7-17/h8-15,17H,3-7H2,1-2H3. The molecule has 3 aromatic rings. The quantitative estimate of drug-likeness (QED) is 0.249. The van der Waals surface area contributed by atoms with E-state index in [9.17, 15) is 0 Å². The average Bonchev–Trinajstić information content (AvgIpc) is 3.27. The lowest BCUT2D eigenvalue weighted by molar-refractivity contribution is 0.353. The Labute approximate surface area is 195 Å². The third kappa shape index (κ3) is 4.86. The van der Waals surface area contributed by atoms with Crippen LogP contribution in [0, 0.1) is 3.57 Å². The maximum absolute atomic E-state index is 5.42. The predicted molar refractivity (Wildman–Crippen MR) is 133 cm³/mol. The van der Waals surface area contributed by atoms with Crippen molar-refractivity contribution < 1.29 is 9.47 Å². The average molecular weight is 532 g/mol. The molecule has 1 heterocycles. The maximum atomic E-state index is 5.42. The molecule has 0 radical (unpaired) electrons. The molecule has 156 valence electrons. The monoisotopic (exact) mass is 532 g/mol. The summed E-state index contributed by atoms with van der Waals surface area (Å²) in [6.45, 7) is 0. The second kappa shape index (κ2) is 9.92. The van der Waals surface area contributed by atoms with Gasteiger partial charge in [0.05, 0.1) is 23.5 Å². The van der Waals surface area contributed by atoms with Crippen molar-refractivity contribution in [3.8, 4) is 22.8 Å². The van der Waals surface area contributed by atoms with E-state index in [1.165, 1.54) is 37.7 Å². The number of halogens is 1. The number of rotatable bonds is 6. The summed E-state index contributed by atoms with van der Waals surface area (Å²) in [4.78, 5) is 9.27. The molecular weight excluding hydrogens is 507 g/mol. The molecule has 4 nitrogen and oxygen atoms in total. The van der Waals surface area contributed by atoms with Gasteiger partial charge in [0, 0.05) is 17.2 Å². The van der Waals surface area contributed by atoms with Crippen LogP contribution in [-0.2, 0) is 0 Å². The highest BCUT2D eigenvalue weighted by molar-refractivity contribution is 14.1. The van der Waals surface area contributed by atoms with Crippen LogP contribution in [0.1, 0.15) is 49.1 Å². The lowest BCUT2D eigenvalue weighted by Gasteiger charge is -2.22. The van der Waals surface area contributed by atoms with Gasteiger partial charge < -0.3 is 9.47 Å². The molecule has 1 aliphatic rings. The van der Waals surface area contributed by atoms with Gasteiger partial charge >= 0.3 is 0 Å². The van der Waals surface area contributed by atoms with Crippen molar-refractivity contribution in [1.82, 2.24) is 4.98 Å². The van der Waals surface area contributed by atoms with Gasteiger partial charge in [0.25, 0.3) is 0 Å². The Morgan fingerprint density at radius 2 is 1.83 bits per heavy atom. The summed E-state index contributed by atoms with van der Waals surface area (Å²) in [6, 6.07) is 12.9. The second-order valence-electron chi connectivity index (χ2n) is 7.47. The summed E-state index contributed by atoms with van der Waals surface area (Å²) in [7, 11) is 3.29. The molecule has 0 spiro atoms. The second-order valence-corrected chi connectivity index (χ2v) is 9.47. The first kappa shape index (κ1) is 21.3. The first-order valence-corrected chi connectivity index (χ1v) is 12.1. The molecule has 0 unspecified atom stereocenters. The van der Waals surface area contributed by atoms with Crippen LogP contribution in [0.25, 0.3) is 11.3 Å². The SMILES string of the molecule is COc1cc(C=Nc2nc(-c3ccc(C4CCCCC4)cc3)cs2)cc(I)c1OC. The maximum Gasteiger partial charge on any atom is 0.209 e. The number of aromatic nitrogens is 1. The zero-order valence-electron chi connectivity index (χ0n) is 17.2. The summed E-state index contributed by atoms with van der Waals surface area (Å²) < 4.78 is 11.8. The zero-order chi connectivity index (χ0) is 20.9. The van der Waals surface area contributed by atoms with Gasteiger partial charge in [0.2, 0.25) is 5.13 Å². The summed E-state index contributed by atoms with van der Waals surface area (Å²) in [5.41, 5.74) is 4.54. The zero-order valence-corrected chi connectivity index (χ0v) is 20.2. The van der Waals surface area contributed by atoms with E-state index >= 15 is 0 Å². The molecule has 1 aliphatic carbocycles. The fourth-order valence-corrected chi connectivity index (χ4v) is 5.48. The minimum absolute atomic E-state index is 0.698. The summed E-state index contributed by atoms with van der Waals surface area (Å²) >= 11 is 3.79. The molecule has 1 saturated carbocycles. The highest BCUT2D eigenvalue weighted by Crippen LogP contribution is 2.35. The van der Waals surface area contributed by atoms with Crippen LogP contribution < -0.4 is 9.47 Å². The molecule has 2 aromatic carbocycles. The van der Waals surface area contributed by atoms with Crippen molar-refractivity contribution in [3.63, 3.8) is 0 Å². The number of nitrogens with zero attached hydrogens (tertiary/aromatic N) is 2. The molecule has 0 bridgehead atoms. The Balaban J connectivity index is 1.48. The predicted octanol–water partition coefficient (Wildman–Crippen LogP) is 7.23. The van der Waals surface area contributed by atoms with Gasteiger partial charge in [0.15, 0.2) is 11.5 Å². The fraction of sp³-hybridized carbons (Fsp3) is 0.333. The van der Waals surface area contributed by atoms with Crippen molar-refractivity contribution in [2.24, 2.45) is 4.99 Å². The van der Waals surface area contributed by atoms with E-state index in [1.54, 1.807) is 25.6 Å². The van der Waals surface area contributed by atoms with Crippen LogP contribution in [0.15, 0.2) is 46.8 Å². The van der Waals surface area contributed by atoms with Gasteiger partial charge in [-0.3, -0.25) is 0 Å². The Morgan fingerprint density at radius 3 is 2.53 bits per heavy atom. The smallest absolute Gasteiger partial charge is 0.209 e. The molecule has 1 aromatic heterocycles. The van der Waals surface area contributed by atoms with Crippen LogP contribution >= 0.6 is 33.9 Å². The third-order valence-electron chi connectivity index (χ3n) is 5.56. The first-order chi connectivity index (χ1) is 14.7. The number of aliphatic imine (C=N–C) groups is 1. The van der Waals surface area contributed by atoms with Gasteiger partial charge in [-0.25, -0.2) is 9.98 Å². The number of thiazole rings is 1. The molecule has 1 fully saturated rings. The number of ether oxygens (including phenoxy) is 2. The van der Waals surface area contributed by atoms with E-state index in [2.05, 4.69) is 57.2 Å². The Bertz CT molecular complexity index is 1020. The number of methoxy groups -OCH3 is 2. The summed E-state index contributed by atoms with van der Waals surface area (Å²) in [5.74, 6) is 2.17.